The van der Waals surface area contributed by atoms with Crippen molar-refractivity contribution in [3.8, 4) is 11.3 Å². The van der Waals surface area contributed by atoms with E-state index in [1.165, 1.54) is 0 Å². The zero-order valence-corrected chi connectivity index (χ0v) is 10.8. The number of halogens is 1. The fraction of sp³-hybridized carbons (Fsp3) is 0.0769. The average Bonchev–Trinajstić information content (AvgIpc) is 2.93. The summed E-state index contributed by atoms with van der Waals surface area (Å²) in [4.78, 5) is 14.2. The highest BCUT2D eigenvalue weighted by atomic mass is 35.5. The van der Waals surface area contributed by atoms with E-state index in [0.717, 1.165) is 5.39 Å². The molecule has 0 saturated heterocycles. The van der Waals surface area contributed by atoms with Crippen LogP contribution in [-0.4, -0.2) is 25.8 Å². The van der Waals surface area contributed by atoms with Crippen molar-refractivity contribution in [2.45, 2.75) is 0 Å². The molecule has 0 saturated carbocycles. The number of carboxylic acid groups (broad SMARTS) is 1. The molecule has 2 N–H and O–H groups in total. The predicted octanol–water partition coefficient (Wildman–Crippen LogP) is 2.92. The van der Waals surface area contributed by atoms with E-state index >= 15 is 0 Å². The van der Waals surface area contributed by atoms with Crippen LogP contribution in [0.2, 0.25) is 5.02 Å². The van der Waals surface area contributed by atoms with Gasteiger partial charge in [-0.15, -0.1) is 0 Å². The molecule has 0 unspecified atom stereocenters. The number of aryl methyl sites for hydroxylation is 1. The summed E-state index contributed by atoms with van der Waals surface area (Å²) in [6.45, 7) is 0. The highest BCUT2D eigenvalue weighted by molar-refractivity contribution is 6.35. The molecule has 2 heterocycles. The first-order valence-electron chi connectivity index (χ1n) is 5.61. The van der Waals surface area contributed by atoms with Crippen LogP contribution >= 0.6 is 11.6 Å². The number of carbonyl (C=O) groups is 1. The lowest BCUT2D eigenvalue weighted by molar-refractivity contribution is 0.0692. The van der Waals surface area contributed by atoms with Gasteiger partial charge in [0.1, 0.15) is 5.69 Å². The quantitative estimate of drug-likeness (QED) is 0.755. The molecule has 0 aliphatic heterocycles. The van der Waals surface area contributed by atoms with E-state index in [9.17, 15) is 9.90 Å². The molecule has 0 fully saturated rings. The molecule has 1 aromatic carbocycles. The lowest BCUT2D eigenvalue weighted by Crippen LogP contribution is -1.99. The fourth-order valence-corrected chi connectivity index (χ4v) is 2.38. The standard InChI is InChI=1S/C13H10ClN3O2/c1-17-6-5-9(16-17)10-7-3-2-4-8(14)11(7)15-12(10)13(18)19/h2-6,15H,1H3,(H,18,19). The SMILES string of the molecule is Cn1ccc(-c2c(C(=O)O)[nH]c3c(Cl)cccc23)n1. The number of aromatic carboxylic acids is 1. The summed E-state index contributed by atoms with van der Waals surface area (Å²) in [6, 6.07) is 7.11. The number of fused-ring (bicyclic) bond motifs is 1. The average molecular weight is 276 g/mol. The first kappa shape index (κ1) is 11.8. The molecule has 0 bridgehead atoms. The van der Waals surface area contributed by atoms with E-state index in [1.54, 1.807) is 36.1 Å². The van der Waals surface area contributed by atoms with Crippen molar-refractivity contribution in [2.24, 2.45) is 7.05 Å². The summed E-state index contributed by atoms with van der Waals surface area (Å²) in [5.41, 5.74) is 1.88. The maximum absolute atomic E-state index is 11.4. The first-order valence-corrected chi connectivity index (χ1v) is 5.99. The van der Waals surface area contributed by atoms with E-state index in [-0.39, 0.29) is 5.69 Å². The highest BCUT2D eigenvalue weighted by Gasteiger charge is 2.21. The maximum Gasteiger partial charge on any atom is 0.353 e. The van der Waals surface area contributed by atoms with Gasteiger partial charge in [-0.05, 0) is 12.1 Å². The third-order valence-electron chi connectivity index (χ3n) is 2.97. The van der Waals surface area contributed by atoms with Gasteiger partial charge in [-0.25, -0.2) is 4.79 Å². The van der Waals surface area contributed by atoms with Gasteiger partial charge in [0.2, 0.25) is 0 Å². The summed E-state index contributed by atoms with van der Waals surface area (Å²) in [6.07, 6.45) is 1.77. The smallest absolute Gasteiger partial charge is 0.353 e. The lowest BCUT2D eigenvalue weighted by Gasteiger charge is -1.97. The normalized spacial score (nSPS) is 11.1. The van der Waals surface area contributed by atoms with Crippen LogP contribution in [0.15, 0.2) is 30.5 Å². The topological polar surface area (TPSA) is 70.9 Å². The highest BCUT2D eigenvalue weighted by Crippen LogP contribution is 2.34. The van der Waals surface area contributed by atoms with Crippen molar-refractivity contribution in [2.75, 3.05) is 0 Å². The van der Waals surface area contributed by atoms with Crippen molar-refractivity contribution < 1.29 is 9.90 Å². The van der Waals surface area contributed by atoms with Gasteiger partial charge >= 0.3 is 5.97 Å². The van der Waals surface area contributed by atoms with E-state index in [4.69, 9.17) is 11.6 Å². The Kier molecular flexibility index (Phi) is 2.57. The fourth-order valence-electron chi connectivity index (χ4n) is 2.16. The molecule has 0 atom stereocenters. The number of nitrogens with zero attached hydrogens (tertiary/aromatic N) is 2. The van der Waals surface area contributed by atoms with Gasteiger partial charge in [0.15, 0.2) is 0 Å². The number of aromatic nitrogens is 3. The molecule has 0 radical (unpaired) electrons. The minimum absolute atomic E-state index is 0.0989. The molecule has 2 aromatic heterocycles. The van der Waals surface area contributed by atoms with Gasteiger partial charge in [-0.3, -0.25) is 4.68 Å². The zero-order chi connectivity index (χ0) is 13.6. The second-order valence-corrected chi connectivity index (χ2v) is 4.62. The Morgan fingerprint density at radius 3 is 2.84 bits per heavy atom. The van der Waals surface area contributed by atoms with Crippen molar-refractivity contribution in [3.05, 3.63) is 41.2 Å². The van der Waals surface area contributed by atoms with Crippen LogP contribution in [0.4, 0.5) is 0 Å². The predicted molar refractivity (Wildman–Crippen MR) is 72.5 cm³/mol. The Morgan fingerprint density at radius 2 is 2.21 bits per heavy atom. The van der Waals surface area contributed by atoms with Gasteiger partial charge in [-0.2, -0.15) is 5.10 Å². The number of aromatic amines is 1. The maximum atomic E-state index is 11.4. The Bertz CT molecular complexity index is 788. The molecule has 3 aromatic rings. The summed E-state index contributed by atoms with van der Waals surface area (Å²) in [5, 5.41) is 14.8. The Balaban J connectivity index is 2.41. The van der Waals surface area contributed by atoms with E-state index in [2.05, 4.69) is 10.1 Å². The Labute approximate surface area is 113 Å². The van der Waals surface area contributed by atoms with Crippen LogP contribution in [0.25, 0.3) is 22.2 Å². The minimum atomic E-state index is -1.03. The van der Waals surface area contributed by atoms with Gasteiger partial charge in [-0.1, -0.05) is 23.7 Å². The van der Waals surface area contributed by atoms with Gasteiger partial charge in [0.25, 0.3) is 0 Å². The van der Waals surface area contributed by atoms with Gasteiger partial charge in [0.05, 0.1) is 16.2 Å². The molecule has 3 rings (SSSR count). The molecule has 0 aliphatic rings. The van der Waals surface area contributed by atoms with Crippen LogP contribution < -0.4 is 0 Å². The van der Waals surface area contributed by atoms with Gasteiger partial charge in [0, 0.05) is 24.2 Å². The molecule has 0 amide bonds. The number of carboxylic acids is 1. The number of para-hydroxylation sites is 1. The second kappa shape index (κ2) is 4.13. The van der Waals surface area contributed by atoms with Crippen LogP contribution in [-0.2, 0) is 7.05 Å². The largest absolute Gasteiger partial charge is 0.477 e. The third-order valence-corrected chi connectivity index (χ3v) is 3.28. The van der Waals surface area contributed by atoms with Crippen molar-refractivity contribution >= 4 is 28.5 Å². The summed E-state index contributed by atoms with van der Waals surface area (Å²) in [5.74, 6) is -1.03. The summed E-state index contributed by atoms with van der Waals surface area (Å²) >= 11 is 6.09. The van der Waals surface area contributed by atoms with Crippen LogP contribution in [0.5, 0.6) is 0 Å². The number of rotatable bonds is 2. The number of hydrogen-bond donors (Lipinski definition) is 2. The molecule has 0 spiro atoms. The first-order chi connectivity index (χ1) is 9.08. The monoisotopic (exact) mass is 275 g/mol. The van der Waals surface area contributed by atoms with E-state index in [1.807, 2.05) is 6.07 Å². The minimum Gasteiger partial charge on any atom is -0.477 e. The van der Waals surface area contributed by atoms with Crippen molar-refractivity contribution in [3.63, 3.8) is 0 Å². The second-order valence-electron chi connectivity index (χ2n) is 4.22. The summed E-state index contributed by atoms with van der Waals surface area (Å²) < 4.78 is 1.63. The van der Waals surface area contributed by atoms with Crippen LogP contribution in [0.1, 0.15) is 10.5 Å². The van der Waals surface area contributed by atoms with Crippen molar-refractivity contribution in [1.29, 1.82) is 0 Å². The third kappa shape index (κ3) is 1.79. The van der Waals surface area contributed by atoms with E-state index in [0.29, 0.717) is 21.8 Å². The number of hydrogen-bond acceptors (Lipinski definition) is 2. The number of benzene rings is 1. The Hall–Kier alpha value is -2.27. The molecular weight excluding hydrogens is 266 g/mol. The number of nitrogens with one attached hydrogen (secondary N) is 1. The molecule has 0 aliphatic carbocycles. The molecule has 5 nitrogen and oxygen atoms in total. The molecular formula is C13H10ClN3O2. The zero-order valence-electron chi connectivity index (χ0n) is 10.0. The molecule has 19 heavy (non-hydrogen) atoms. The van der Waals surface area contributed by atoms with E-state index < -0.39 is 5.97 Å². The molecule has 96 valence electrons. The summed E-state index contributed by atoms with van der Waals surface area (Å²) in [7, 11) is 1.78. The molecule has 6 heteroatoms. The van der Waals surface area contributed by atoms with Crippen molar-refractivity contribution in [1.82, 2.24) is 14.8 Å². The number of H-pyrrole nitrogens is 1. The van der Waals surface area contributed by atoms with Crippen LogP contribution in [0, 0.1) is 0 Å². The Morgan fingerprint density at radius 1 is 1.42 bits per heavy atom. The lowest BCUT2D eigenvalue weighted by atomic mass is 10.1. The van der Waals surface area contributed by atoms with Crippen LogP contribution in [0.3, 0.4) is 0 Å². The van der Waals surface area contributed by atoms with Gasteiger partial charge < -0.3 is 10.1 Å².